The number of rotatable bonds is 9. The quantitative estimate of drug-likeness (QED) is 0.199. The highest BCUT2D eigenvalue weighted by Gasteiger charge is 2.55. The van der Waals surface area contributed by atoms with Crippen LogP contribution in [0, 0.1) is 11.8 Å². The lowest BCUT2D eigenvalue weighted by molar-refractivity contribution is -0.260. The normalized spacial score (nSPS) is 17.4. The molecule has 0 radical (unpaired) electrons. The van der Waals surface area contributed by atoms with Gasteiger partial charge in [-0.05, 0) is 36.6 Å². The maximum absolute atomic E-state index is 12.9. The van der Waals surface area contributed by atoms with Crippen molar-refractivity contribution >= 4 is 35.9 Å². The first-order chi connectivity index (χ1) is 18.6. The zero-order valence-electron chi connectivity index (χ0n) is 21.4. The number of hydrogen-bond acceptors (Lipinski definition) is 11. The zero-order valence-corrected chi connectivity index (χ0v) is 21.4. The summed E-state index contributed by atoms with van der Waals surface area (Å²) in [5.74, 6) is -5.79. The molecule has 2 amide bonds. The maximum atomic E-state index is 12.9. The number of hydrogen-bond donors (Lipinski definition) is 0. The van der Waals surface area contributed by atoms with E-state index in [1.807, 2.05) is 13.8 Å². The fourth-order valence-electron chi connectivity index (χ4n) is 3.38. The number of hydroxylamine groups is 2. The number of imide groups is 1. The SMILES string of the molecule is CC(C)CCC(C)C(=O)OOC(=O)ON1C(=O)[C@H](OC(=O)c2ccccc2)[C@@H](OC(=O)c2ccccc2)C1=O. The van der Waals surface area contributed by atoms with Crippen LogP contribution in [0.3, 0.4) is 0 Å². The fraction of sp³-hybridized carbons (Fsp3) is 0.333. The van der Waals surface area contributed by atoms with Crippen molar-refractivity contribution in [2.24, 2.45) is 11.8 Å². The Hall–Kier alpha value is -4.74. The van der Waals surface area contributed by atoms with Gasteiger partial charge in [0.15, 0.2) is 0 Å². The molecule has 2 aromatic rings. The molecule has 0 aromatic heterocycles. The summed E-state index contributed by atoms with van der Waals surface area (Å²) in [4.78, 5) is 88.5. The molecule has 3 rings (SSSR count). The minimum absolute atomic E-state index is 0.0446. The predicted molar refractivity (Wildman–Crippen MR) is 130 cm³/mol. The lowest BCUT2D eigenvalue weighted by Crippen LogP contribution is -2.37. The Morgan fingerprint density at radius 2 is 1.18 bits per heavy atom. The maximum Gasteiger partial charge on any atom is 0.576 e. The van der Waals surface area contributed by atoms with Crippen LogP contribution in [0.1, 0.15) is 54.3 Å². The average Bonchev–Trinajstić information content (AvgIpc) is 3.14. The van der Waals surface area contributed by atoms with E-state index in [2.05, 4.69) is 14.6 Å². The molecule has 12 nitrogen and oxygen atoms in total. The summed E-state index contributed by atoms with van der Waals surface area (Å²) in [7, 11) is 0. The van der Waals surface area contributed by atoms with E-state index in [4.69, 9.17) is 9.47 Å². The summed E-state index contributed by atoms with van der Waals surface area (Å²) in [5, 5.41) is -0.0791. The van der Waals surface area contributed by atoms with E-state index in [0.717, 1.165) is 6.42 Å². The van der Waals surface area contributed by atoms with Gasteiger partial charge < -0.3 is 9.47 Å². The van der Waals surface area contributed by atoms with Crippen LogP contribution in [-0.4, -0.2) is 53.1 Å². The van der Waals surface area contributed by atoms with Gasteiger partial charge in [0.2, 0.25) is 12.2 Å². The van der Waals surface area contributed by atoms with Gasteiger partial charge in [0.25, 0.3) is 0 Å². The molecule has 1 fully saturated rings. The number of carbonyl (C=O) groups is 6. The lowest BCUT2D eigenvalue weighted by atomic mass is 10.00. The first-order valence-electron chi connectivity index (χ1n) is 12.1. The summed E-state index contributed by atoms with van der Waals surface area (Å²) in [6.45, 7) is 5.53. The molecule has 0 N–H and O–H groups in total. The second-order valence-electron chi connectivity index (χ2n) is 9.05. The van der Waals surface area contributed by atoms with Gasteiger partial charge in [0.1, 0.15) is 0 Å². The summed E-state index contributed by atoms with van der Waals surface area (Å²) in [5.41, 5.74) is 0.0892. The van der Waals surface area contributed by atoms with Crippen molar-refractivity contribution in [2.45, 2.75) is 45.8 Å². The van der Waals surface area contributed by atoms with Crippen molar-refractivity contribution in [1.29, 1.82) is 0 Å². The van der Waals surface area contributed by atoms with Crippen LogP contribution in [0.5, 0.6) is 0 Å². The van der Waals surface area contributed by atoms with E-state index in [-0.39, 0.29) is 16.2 Å². The zero-order chi connectivity index (χ0) is 28.5. The number of ether oxygens (including phenoxy) is 2. The van der Waals surface area contributed by atoms with Crippen LogP contribution in [0.25, 0.3) is 0 Å². The Morgan fingerprint density at radius 1 is 0.718 bits per heavy atom. The first-order valence-corrected chi connectivity index (χ1v) is 12.1. The molecule has 0 bridgehead atoms. The van der Waals surface area contributed by atoms with Crippen LogP contribution in [0.4, 0.5) is 4.79 Å². The summed E-state index contributed by atoms with van der Waals surface area (Å²) in [6, 6.07) is 15.1. The Bertz CT molecular complexity index is 1140. The summed E-state index contributed by atoms with van der Waals surface area (Å²) < 4.78 is 10.3. The third-order valence-corrected chi connectivity index (χ3v) is 5.59. The molecule has 1 saturated heterocycles. The minimum atomic E-state index is -1.98. The van der Waals surface area contributed by atoms with Crippen molar-refractivity contribution in [3.8, 4) is 0 Å². The molecule has 1 aliphatic heterocycles. The van der Waals surface area contributed by atoms with Crippen LogP contribution in [0.2, 0.25) is 0 Å². The predicted octanol–water partition coefficient (Wildman–Crippen LogP) is 3.41. The van der Waals surface area contributed by atoms with Gasteiger partial charge in [0, 0.05) is 0 Å². The second-order valence-corrected chi connectivity index (χ2v) is 9.05. The standard InChI is InChI=1S/C27H27NO11/c1-16(2)14-15-17(3)24(31)38-39-27(34)37-28-22(29)20(35-25(32)18-10-6-4-7-11-18)21(23(28)30)36-26(33)19-12-8-5-9-13-19/h4-13,16-17,20-21H,14-15H2,1-3H3/t17?,20-,21-/m1/s1. The smallest absolute Gasteiger partial charge is 0.444 e. The molecule has 1 aliphatic rings. The Kier molecular flexibility index (Phi) is 9.74. The van der Waals surface area contributed by atoms with E-state index < -0.39 is 54.0 Å². The van der Waals surface area contributed by atoms with Crippen LogP contribution >= 0.6 is 0 Å². The molecule has 0 saturated carbocycles. The number of amides is 2. The van der Waals surface area contributed by atoms with Gasteiger partial charge in [-0.15, -0.1) is 0 Å². The molecule has 1 heterocycles. The molecule has 39 heavy (non-hydrogen) atoms. The largest absolute Gasteiger partial charge is 0.576 e. The highest BCUT2D eigenvalue weighted by molar-refractivity contribution is 6.09. The number of esters is 2. The minimum Gasteiger partial charge on any atom is -0.444 e. The molecule has 12 heteroatoms. The number of carbonyl (C=O) groups excluding carboxylic acids is 6. The molecule has 0 spiro atoms. The van der Waals surface area contributed by atoms with Crippen LogP contribution in [-0.2, 0) is 38.5 Å². The van der Waals surface area contributed by atoms with Gasteiger partial charge in [-0.3, -0.25) is 14.4 Å². The van der Waals surface area contributed by atoms with E-state index in [9.17, 15) is 28.8 Å². The van der Waals surface area contributed by atoms with Crippen molar-refractivity contribution in [1.82, 2.24) is 5.06 Å². The number of benzene rings is 2. The lowest BCUT2D eigenvalue weighted by Gasteiger charge is -2.16. The Labute approximate surface area is 223 Å². The monoisotopic (exact) mass is 541 g/mol. The fourth-order valence-corrected chi connectivity index (χ4v) is 3.38. The first kappa shape index (κ1) is 28.8. The van der Waals surface area contributed by atoms with Crippen molar-refractivity contribution in [3.05, 3.63) is 71.8 Å². The Morgan fingerprint density at radius 3 is 1.62 bits per heavy atom. The molecule has 2 aromatic carbocycles. The van der Waals surface area contributed by atoms with Crippen molar-refractivity contribution < 1.29 is 52.9 Å². The average molecular weight is 542 g/mol. The van der Waals surface area contributed by atoms with E-state index >= 15 is 0 Å². The van der Waals surface area contributed by atoms with Gasteiger partial charge in [-0.1, -0.05) is 68.7 Å². The molecule has 206 valence electrons. The second kappa shape index (κ2) is 13.2. The molecular formula is C27H27NO11. The van der Waals surface area contributed by atoms with E-state index in [1.54, 1.807) is 43.3 Å². The highest BCUT2D eigenvalue weighted by atomic mass is 17.2. The van der Waals surface area contributed by atoms with E-state index in [1.165, 1.54) is 24.3 Å². The van der Waals surface area contributed by atoms with Gasteiger partial charge >= 0.3 is 35.9 Å². The van der Waals surface area contributed by atoms with Crippen LogP contribution < -0.4 is 0 Å². The molecule has 1 unspecified atom stereocenters. The van der Waals surface area contributed by atoms with Crippen molar-refractivity contribution in [3.63, 3.8) is 0 Å². The summed E-state index contributed by atoms with van der Waals surface area (Å²) >= 11 is 0. The van der Waals surface area contributed by atoms with Gasteiger partial charge in [0.05, 0.1) is 17.0 Å². The van der Waals surface area contributed by atoms with Gasteiger partial charge in [-0.25, -0.2) is 24.2 Å². The van der Waals surface area contributed by atoms with Crippen LogP contribution in [0.15, 0.2) is 60.7 Å². The third-order valence-electron chi connectivity index (χ3n) is 5.59. The third kappa shape index (κ3) is 7.63. The highest BCUT2D eigenvalue weighted by Crippen LogP contribution is 2.24. The number of nitrogens with zero attached hydrogens (tertiary/aromatic N) is 1. The molecule has 3 atom stereocenters. The van der Waals surface area contributed by atoms with Crippen molar-refractivity contribution in [2.75, 3.05) is 0 Å². The molecular weight excluding hydrogens is 514 g/mol. The summed E-state index contributed by atoms with van der Waals surface area (Å²) in [6.07, 6.45) is -4.50. The topological polar surface area (TPSA) is 152 Å². The Balaban J connectivity index is 1.71. The van der Waals surface area contributed by atoms with E-state index in [0.29, 0.717) is 12.3 Å². The van der Waals surface area contributed by atoms with Gasteiger partial charge in [-0.2, -0.15) is 4.79 Å². The molecule has 0 aliphatic carbocycles.